The molecule has 9 nitrogen and oxygen atoms in total. The third-order valence-electron chi connectivity index (χ3n) is 6.85. The topological polar surface area (TPSA) is 122 Å². The molecule has 0 fully saturated rings. The van der Waals surface area contributed by atoms with Crippen LogP contribution in [0.4, 0.5) is 4.39 Å². The smallest absolute Gasteiger partial charge is 0.273 e. The van der Waals surface area contributed by atoms with Crippen molar-refractivity contribution in [2.75, 3.05) is 6.54 Å². The van der Waals surface area contributed by atoms with E-state index in [0.29, 0.717) is 35.1 Å². The molecule has 41 heavy (non-hydrogen) atoms. The van der Waals surface area contributed by atoms with Gasteiger partial charge in [-0.1, -0.05) is 63.2 Å². The number of hydrogen-bond donors (Lipinski definition) is 3. The lowest BCUT2D eigenvalue weighted by Gasteiger charge is -2.30. The van der Waals surface area contributed by atoms with Crippen molar-refractivity contribution in [3.05, 3.63) is 106 Å². The average molecular weight is 555 g/mol. The number of H-pyrrole nitrogens is 1. The SMILES string of the molecule is CC(C)(C)[C@H](NC(=O)c1nn(Cc2ccc(F)cc2)c2ccccc12)C(=O)NCCc1nc2ccccc2c(=O)[nH]1. The van der Waals surface area contributed by atoms with Gasteiger partial charge in [0, 0.05) is 18.4 Å². The minimum Gasteiger partial charge on any atom is -0.354 e. The zero-order valence-electron chi connectivity index (χ0n) is 23.1. The Hall–Kier alpha value is -4.86. The molecule has 0 bridgehead atoms. The van der Waals surface area contributed by atoms with Crippen molar-refractivity contribution in [1.82, 2.24) is 30.4 Å². The maximum absolute atomic E-state index is 13.5. The van der Waals surface area contributed by atoms with Gasteiger partial charge < -0.3 is 15.6 Å². The van der Waals surface area contributed by atoms with Gasteiger partial charge in [-0.3, -0.25) is 19.1 Å². The number of fused-ring (bicyclic) bond motifs is 2. The fourth-order valence-corrected chi connectivity index (χ4v) is 4.71. The first-order chi connectivity index (χ1) is 19.6. The van der Waals surface area contributed by atoms with E-state index in [2.05, 4.69) is 25.7 Å². The Morgan fingerprint density at radius 2 is 1.66 bits per heavy atom. The third kappa shape index (κ3) is 6.16. The van der Waals surface area contributed by atoms with Crippen LogP contribution in [0.2, 0.25) is 0 Å². The molecule has 0 unspecified atom stereocenters. The molecule has 0 saturated heterocycles. The van der Waals surface area contributed by atoms with Gasteiger partial charge in [0.15, 0.2) is 5.69 Å². The van der Waals surface area contributed by atoms with Crippen LogP contribution in [0.3, 0.4) is 0 Å². The highest BCUT2D eigenvalue weighted by molar-refractivity contribution is 6.06. The summed E-state index contributed by atoms with van der Waals surface area (Å²) in [6.07, 6.45) is 0.315. The summed E-state index contributed by atoms with van der Waals surface area (Å²) in [5.74, 6) is -0.699. The first-order valence-corrected chi connectivity index (χ1v) is 13.4. The third-order valence-corrected chi connectivity index (χ3v) is 6.85. The van der Waals surface area contributed by atoms with E-state index in [-0.39, 0.29) is 29.5 Å². The van der Waals surface area contributed by atoms with Crippen molar-refractivity contribution < 1.29 is 14.0 Å². The molecule has 5 aromatic rings. The van der Waals surface area contributed by atoms with Crippen molar-refractivity contribution in [3.63, 3.8) is 0 Å². The van der Waals surface area contributed by atoms with E-state index in [1.54, 1.807) is 35.0 Å². The Morgan fingerprint density at radius 3 is 2.39 bits per heavy atom. The molecule has 0 spiro atoms. The first-order valence-electron chi connectivity index (χ1n) is 13.4. The van der Waals surface area contributed by atoms with Crippen LogP contribution in [0.15, 0.2) is 77.6 Å². The van der Waals surface area contributed by atoms with E-state index in [1.807, 2.05) is 51.1 Å². The molecule has 3 aromatic carbocycles. The quantitative estimate of drug-likeness (QED) is 0.268. The van der Waals surface area contributed by atoms with Gasteiger partial charge in [0.2, 0.25) is 5.91 Å². The number of nitrogens with one attached hydrogen (secondary N) is 3. The Kier molecular flexibility index (Phi) is 7.65. The number of carbonyl (C=O) groups is 2. The highest BCUT2D eigenvalue weighted by Crippen LogP contribution is 2.23. The van der Waals surface area contributed by atoms with E-state index in [4.69, 9.17) is 0 Å². The number of nitrogens with zero attached hydrogens (tertiary/aromatic N) is 3. The molecule has 3 N–H and O–H groups in total. The molecule has 10 heteroatoms. The van der Waals surface area contributed by atoms with Crippen LogP contribution in [-0.4, -0.2) is 44.1 Å². The van der Waals surface area contributed by atoms with Crippen LogP contribution < -0.4 is 16.2 Å². The van der Waals surface area contributed by atoms with Gasteiger partial charge in [-0.05, 0) is 41.3 Å². The van der Waals surface area contributed by atoms with E-state index in [1.165, 1.54) is 12.1 Å². The lowest BCUT2D eigenvalue weighted by Crippen LogP contribution is -2.54. The van der Waals surface area contributed by atoms with E-state index in [0.717, 1.165) is 11.1 Å². The number of rotatable bonds is 8. The van der Waals surface area contributed by atoms with Crippen LogP contribution in [0, 0.1) is 11.2 Å². The minimum absolute atomic E-state index is 0.197. The molecule has 2 amide bonds. The zero-order chi connectivity index (χ0) is 29.1. The monoisotopic (exact) mass is 554 g/mol. The summed E-state index contributed by atoms with van der Waals surface area (Å²) < 4.78 is 15.1. The molecule has 0 saturated carbocycles. The van der Waals surface area contributed by atoms with Gasteiger partial charge in [-0.2, -0.15) is 5.10 Å². The second kappa shape index (κ2) is 11.3. The molecule has 5 rings (SSSR count). The Bertz CT molecular complexity index is 1790. The second-order valence-corrected chi connectivity index (χ2v) is 11.0. The van der Waals surface area contributed by atoms with Gasteiger partial charge >= 0.3 is 0 Å². The van der Waals surface area contributed by atoms with Gasteiger partial charge in [0.05, 0.1) is 23.0 Å². The largest absolute Gasteiger partial charge is 0.354 e. The number of amides is 2. The number of para-hydroxylation sites is 2. The number of halogens is 1. The summed E-state index contributed by atoms with van der Waals surface area (Å²) in [6, 6.07) is 19.7. The summed E-state index contributed by atoms with van der Waals surface area (Å²) in [5.41, 5.74) is 1.52. The molecule has 0 radical (unpaired) electrons. The van der Waals surface area contributed by atoms with Gasteiger partial charge in [0.25, 0.3) is 11.5 Å². The van der Waals surface area contributed by atoms with Crippen LogP contribution >= 0.6 is 0 Å². The molecule has 1 atom stereocenters. The molecule has 0 aliphatic rings. The minimum atomic E-state index is -0.861. The zero-order valence-corrected chi connectivity index (χ0v) is 23.1. The number of hydrogen-bond acceptors (Lipinski definition) is 5. The summed E-state index contributed by atoms with van der Waals surface area (Å²) in [6.45, 7) is 6.17. The molecular formula is C31H31FN6O3. The second-order valence-electron chi connectivity index (χ2n) is 11.0. The molecule has 2 heterocycles. The number of carbonyl (C=O) groups excluding carboxylic acids is 2. The predicted octanol–water partition coefficient (Wildman–Crippen LogP) is 3.96. The maximum atomic E-state index is 13.5. The predicted molar refractivity (Wildman–Crippen MR) is 155 cm³/mol. The van der Waals surface area contributed by atoms with Gasteiger partial charge in [-0.25, -0.2) is 9.37 Å². The van der Waals surface area contributed by atoms with Crippen molar-refractivity contribution in [2.24, 2.45) is 5.41 Å². The lowest BCUT2D eigenvalue weighted by atomic mass is 9.86. The van der Waals surface area contributed by atoms with Crippen molar-refractivity contribution in [2.45, 2.75) is 39.8 Å². The van der Waals surface area contributed by atoms with Crippen molar-refractivity contribution in [1.29, 1.82) is 0 Å². The molecule has 0 aliphatic carbocycles. The summed E-state index contributed by atoms with van der Waals surface area (Å²) >= 11 is 0. The molecule has 210 valence electrons. The Balaban J connectivity index is 1.31. The Labute approximate surface area is 235 Å². The van der Waals surface area contributed by atoms with E-state index >= 15 is 0 Å². The van der Waals surface area contributed by atoms with Crippen LogP contribution in [0.5, 0.6) is 0 Å². The van der Waals surface area contributed by atoms with Crippen molar-refractivity contribution in [3.8, 4) is 0 Å². The highest BCUT2D eigenvalue weighted by Gasteiger charge is 2.34. The number of aromatic amines is 1. The van der Waals surface area contributed by atoms with Crippen LogP contribution in [0.1, 0.15) is 42.6 Å². The average Bonchev–Trinajstić information content (AvgIpc) is 3.30. The fraction of sp³-hybridized carbons (Fsp3) is 0.258. The lowest BCUT2D eigenvalue weighted by molar-refractivity contribution is -0.125. The number of aromatic nitrogens is 4. The summed E-state index contributed by atoms with van der Waals surface area (Å²) in [5, 5.41) is 11.5. The van der Waals surface area contributed by atoms with Crippen molar-refractivity contribution >= 4 is 33.6 Å². The van der Waals surface area contributed by atoms with Gasteiger partial charge in [0.1, 0.15) is 17.7 Å². The molecule has 0 aliphatic heterocycles. The maximum Gasteiger partial charge on any atom is 0.273 e. The van der Waals surface area contributed by atoms with Crippen LogP contribution in [0.25, 0.3) is 21.8 Å². The summed E-state index contributed by atoms with van der Waals surface area (Å²) in [4.78, 5) is 46.4. The molecule has 2 aromatic heterocycles. The fourth-order valence-electron chi connectivity index (χ4n) is 4.71. The van der Waals surface area contributed by atoms with Crippen LogP contribution in [-0.2, 0) is 17.8 Å². The summed E-state index contributed by atoms with van der Waals surface area (Å²) in [7, 11) is 0. The standard InChI is InChI=1S/C31H31FN6O3/c1-31(2,3)27(30(41)33-17-16-25-34-23-10-6-4-8-21(23)28(39)35-25)36-29(40)26-22-9-5-7-11-24(22)38(37-26)18-19-12-14-20(32)15-13-19/h4-15,27H,16-18H2,1-3H3,(H,33,41)(H,36,40)(H,34,35,39)/t27-/m1/s1. The highest BCUT2D eigenvalue weighted by atomic mass is 19.1. The van der Waals surface area contributed by atoms with E-state index in [9.17, 15) is 18.8 Å². The van der Waals surface area contributed by atoms with Gasteiger partial charge in [-0.15, -0.1) is 0 Å². The first kappa shape index (κ1) is 27.7. The molecular weight excluding hydrogens is 523 g/mol. The number of benzene rings is 3. The Morgan fingerprint density at radius 1 is 0.976 bits per heavy atom. The van der Waals surface area contributed by atoms with E-state index < -0.39 is 17.4 Å². The normalized spacial score (nSPS) is 12.4.